The Labute approximate surface area is 214 Å². The van der Waals surface area contributed by atoms with Gasteiger partial charge in [0, 0.05) is 0 Å². The normalized spacial score (nSPS) is 18.5. The van der Waals surface area contributed by atoms with Crippen molar-refractivity contribution < 1.29 is 51.0 Å². The smallest absolute Gasteiger partial charge is 1.00 e. The molecule has 3 aliphatic carbocycles. The van der Waals surface area contributed by atoms with E-state index in [0.29, 0.717) is 0 Å². The molecule has 5 rings (SSSR count). The van der Waals surface area contributed by atoms with Crippen molar-refractivity contribution in [2.45, 2.75) is 96.3 Å². The van der Waals surface area contributed by atoms with Crippen LogP contribution in [0.4, 0.5) is 0 Å². The summed E-state index contributed by atoms with van der Waals surface area (Å²) in [5, 5.41) is 0. The summed E-state index contributed by atoms with van der Waals surface area (Å²) in [5.41, 5.74) is 12.3. The van der Waals surface area contributed by atoms with Crippen molar-refractivity contribution in [2.75, 3.05) is 0 Å². The number of hydrogen-bond acceptors (Lipinski definition) is 0. The van der Waals surface area contributed by atoms with Crippen LogP contribution < -0.4 is 24.8 Å². The Bertz CT molecular complexity index is 790. The van der Waals surface area contributed by atoms with Gasteiger partial charge in [-0.15, -0.1) is 11.1 Å². The van der Waals surface area contributed by atoms with E-state index in [1.165, 1.54) is 80.9 Å². The SMILES string of the molecule is Cc1[c-]c(C2CCCCC2)cc2c1Cc1c(C)cc(C3CCCCC3)cc1-2.[Cl-].[Cl-].[Zr+3]. The number of benzene rings is 2. The van der Waals surface area contributed by atoms with Crippen LogP contribution in [-0.2, 0) is 32.6 Å². The van der Waals surface area contributed by atoms with Gasteiger partial charge in [-0.3, -0.25) is 0 Å². The second-order valence-electron chi connectivity index (χ2n) is 9.45. The van der Waals surface area contributed by atoms with Crippen molar-refractivity contribution in [3.63, 3.8) is 0 Å². The molecule has 3 aliphatic rings. The first-order valence-corrected chi connectivity index (χ1v) is 11.4. The van der Waals surface area contributed by atoms with E-state index in [1.54, 1.807) is 27.8 Å². The maximum absolute atomic E-state index is 3.81. The van der Waals surface area contributed by atoms with E-state index in [4.69, 9.17) is 0 Å². The second kappa shape index (κ2) is 11.2. The van der Waals surface area contributed by atoms with E-state index in [9.17, 15) is 0 Å². The molecule has 2 fully saturated rings. The topological polar surface area (TPSA) is 0 Å². The molecule has 0 saturated heterocycles. The zero-order valence-corrected chi connectivity index (χ0v) is 22.4. The summed E-state index contributed by atoms with van der Waals surface area (Å²) in [6.45, 7) is 4.65. The quantitative estimate of drug-likeness (QED) is 0.453. The maximum atomic E-state index is 3.81. The van der Waals surface area contributed by atoms with Gasteiger partial charge in [0.1, 0.15) is 0 Å². The summed E-state index contributed by atoms with van der Waals surface area (Å²) in [4.78, 5) is 0. The van der Waals surface area contributed by atoms with E-state index >= 15 is 0 Å². The number of aryl methyl sites for hydroxylation is 2. The van der Waals surface area contributed by atoms with E-state index in [-0.39, 0.29) is 51.0 Å². The molecule has 0 N–H and O–H groups in total. The molecule has 0 bridgehead atoms. The van der Waals surface area contributed by atoms with Crippen LogP contribution in [0.3, 0.4) is 0 Å². The average molecular weight is 520 g/mol. The number of halogens is 2. The summed E-state index contributed by atoms with van der Waals surface area (Å²) in [6, 6.07) is 11.4. The fraction of sp³-hybridized carbons (Fsp3) is 0.556. The van der Waals surface area contributed by atoms with E-state index < -0.39 is 0 Å². The van der Waals surface area contributed by atoms with E-state index in [2.05, 4.69) is 38.1 Å². The van der Waals surface area contributed by atoms with E-state index in [0.717, 1.165) is 18.3 Å². The minimum absolute atomic E-state index is 0. The van der Waals surface area contributed by atoms with Gasteiger partial charge < -0.3 is 24.8 Å². The van der Waals surface area contributed by atoms with Gasteiger partial charge in [-0.25, -0.2) is 0 Å². The van der Waals surface area contributed by atoms with Gasteiger partial charge >= 0.3 is 26.2 Å². The fourth-order valence-electron chi connectivity index (χ4n) is 6.04. The molecule has 0 atom stereocenters. The predicted octanol–water partition coefficient (Wildman–Crippen LogP) is 1.78. The molecule has 0 heterocycles. The largest absolute Gasteiger partial charge is 3.00 e. The number of hydrogen-bond donors (Lipinski definition) is 0. The molecule has 2 aromatic carbocycles. The van der Waals surface area contributed by atoms with Crippen LogP contribution in [-0.4, -0.2) is 0 Å². The van der Waals surface area contributed by atoms with Crippen LogP contribution >= 0.6 is 0 Å². The average Bonchev–Trinajstić information content (AvgIpc) is 3.09. The van der Waals surface area contributed by atoms with Crippen molar-refractivity contribution in [1.29, 1.82) is 0 Å². The molecule has 30 heavy (non-hydrogen) atoms. The van der Waals surface area contributed by atoms with Crippen molar-refractivity contribution in [2.24, 2.45) is 0 Å². The Hall–Kier alpha value is -0.0969. The molecule has 2 aromatic rings. The molecular formula is C27H33Cl2Zr. The van der Waals surface area contributed by atoms with Crippen LogP contribution in [0.5, 0.6) is 0 Å². The predicted molar refractivity (Wildman–Crippen MR) is 115 cm³/mol. The Kier molecular flexibility index (Phi) is 9.73. The molecular weight excluding hydrogens is 486 g/mol. The van der Waals surface area contributed by atoms with Gasteiger partial charge in [0.25, 0.3) is 0 Å². The zero-order chi connectivity index (χ0) is 18.4. The minimum Gasteiger partial charge on any atom is -1.00 e. The monoisotopic (exact) mass is 517 g/mol. The van der Waals surface area contributed by atoms with E-state index in [1.807, 2.05) is 0 Å². The summed E-state index contributed by atoms with van der Waals surface area (Å²) in [7, 11) is 0. The molecule has 2 saturated carbocycles. The minimum atomic E-state index is 0. The van der Waals surface area contributed by atoms with Crippen molar-refractivity contribution in [3.8, 4) is 11.1 Å². The first-order chi connectivity index (χ1) is 13.2. The first-order valence-electron chi connectivity index (χ1n) is 11.4. The van der Waals surface area contributed by atoms with Gasteiger partial charge in [-0.05, 0) is 73.1 Å². The molecule has 159 valence electrons. The Balaban J connectivity index is 0.00000107. The molecule has 0 aromatic heterocycles. The van der Waals surface area contributed by atoms with Crippen LogP contribution in [0, 0.1) is 19.9 Å². The van der Waals surface area contributed by atoms with Gasteiger partial charge in [-0.1, -0.05) is 57.6 Å². The summed E-state index contributed by atoms with van der Waals surface area (Å²) < 4.78 is 0. The third-order valence-electron chi connectivity index (χ3n) is 7.67. The summed E-state index contributed by atoms with van der Waals surface area (Å²) >= 11 is 0. The van der Waals surface area contributed by atoms with Gasteiger partial charge in [0.2, 0.25) is 0 Å². The van der Waals surface area contributed by atoms with Crippen molar-refractivity contribution >= 4 is 0 Å². The summed E-state index contributed by atoms with van der Waals surface area (Å²) in [6.07, 6.45) is 15.1. The van der Waals surface area contributed by atoms with Crippen molar-refractivity contribution in [1.82, 2.24) is 0 Å². The van der Waals surface area contributed by atoms with Crippen LogP contribution in [0.25, 0.3) is 11.1 Å². The molecule has 0 nitrogen and oxygen atoms in total. The van der Waals surface area contributed by atoms with Crippen LogP contribution in [0.15, 0.2) is 18.2 Å². The Morgan fingerprint density at radius 3 is 1.90 bits per heavy atom. The Morgan fingerprint density at radius 1 is 0.700 bits per heavy atom. The maximum Gasteiger partial charge on any atom is 3.00 e. The first kappa shape index (κ1) is 26.2. The molecule has 0 amide bonds. The fourth-order valence-corrected chi connectivity index (χ4v) is 6.04. The molecule has 3 heteroatoms. The molecule has 0 unspecified atom stereocenters. The van der Waals surface area contributed by atoms with Gasteiger partial charge in [0.05, 0.1) is 0 Å². The third-order valence-corrected chi connectivity index (χ3v) is 7.67. The standard InChI is InChI=1S/C27H33.2ClH.Zr/c1-18-13-22(20-9-5-3-6-10-20)15-26-24(18)17-25-19(2)14-23(16-27(25)26)21-11-7-4-8-12-21;;;/h13,15-16,20-21H,3-12,17H2,1-2H3;2*1H;/q-1;;;+3/p-2. The molecule has 0 aliphatic heterocycles. The molecule has 1 radical (unpaired) electrons. The summed E-state index contributed by atoms with van der Waals surface area (Å²) in [5.74, 6) is 1.54. The third kappa shape index (κ3) is 4.95. The second-order valence-corrected chi connectivity index (χ2v) is 9.45. The van der Waals surface area contributed by atoms with Crippen molar-refractivity contribution in [3.05, 3.63) is 57.6 Å². The van der Waals surface area contributed by atoms with Crippen LogP contribution in [0.1, 0.15) is 109 Å². The van der Waals surface area contributed by atoms with Gasteiger partial charge in [0.15, 0.2) is 0 Å². The zero-order valence-electron chi connectivity index (χ0n) is 18.4. The number of rotatable bonds is 2. The van der Waals surface area contributed by atoms with Gasteiger partial charge in [-0.2, -0.15) is 23.3 Å². The Morgan fingerprint density at radius 2 is 1.27 bits per heavy atom. The van der Waals surface area contributed by atoms with Crippen LogP contribution in [0.2, 0.25) is 0 Å². The number of fused-ring (bicyclic) bond motifs is 3. The molecule has 0 spiro atoms.